The van der Waals surface area contributed by atoms with E-state index in [-0.39, 0.29) is 10.6 Å². The zero-order valence-electron chi connectivity index (χ0n) is 19.0. The number of piperazine rings is 1. The van der Waals surface area contributed by atoms with Crippen LogP contribution in [-0.2, 0) is 14.8 Å². The first-order valence-electron chi connectivity index (χ1n) is 10.7. The summed E-state index contributed by atoms with van der Waals surface area (Å²) in [6.07, 6.45) is 4.38. The Morgan fingerprint density at radius 2 is 1.82 bits per heavy atom. The predicted octanol–water partition coefficient (Wildman–Crippen LogP) is 1.86. The third-order valence-corrected chi connectivity index (χ3v) is 7.33. The topological polar surface area (TPSA) is 110 Å². The second-order valence-corrected chi connectivity index (χ2v) is 9.72. The number of nitrogens with zero attached hydrogens (tertiary/aromatic N) is 5. The van der Waals surface area contributed by atoms with E-state index in [1.807, 2.05) is 37.4 Å². The van der Waals surface area contributed by atoms with E-state index in [4.69, 9.17) is 4.74 Å². The lowest BCUT2D eigenvalue weighted by Crippen LogP contribution is -2.47. The Morgan fingerprint density at radius 3 is 2.53 bits per heavy atom. The number of methoxy groups -OCH3 is 1. The second-order valence-electron chi connectivity index (χ2n) is 7.79. The zero-order valence-corrected chi connectivity index (χ0v) is 19.8. The van der Waals surface area contributed by atoms with Crippen molar-refractivity contribution in [3.8, 4) is 11.4 Å². The molecular formula is C23H26N6O4S. The van der Waals surface area contributed by atoms with E-state index >= 15 is 0 Å². The monoisotopic (exact) mass is 482 g/mol. The smallest absolute Gasteiger partial charge is 0.248 e. The van der Waals surface area contributed by atoms with Gasteiger partial charge in [0.1, 0.15) is 11.4 Å². The molecule has 2 aromatic carbocycles. The van der Waals surface area contributed by atoms with Crippen LogP contribution in [0.15, 0.2) is 65.7 Å². The van der Waals surface area contributed by atoms with Gasteiger partial charge in [-0.05, 0) is 43.5 Å². The molecule has 11 heteroatoms. The lowest BCUT2D eigenvalue weighted by Gasteiger charge is -2.31. The van der Waals surface area contributed by atoms with Crippen LogP contribution in [0.1, 0.15) is 5.69 Å². The van der Waals surface area contributed by atoms with Gasteiger partial charge in [0.15, 0.2) is 0 Å². The zero-order chi connectivity index (χ0) is 24.1. The van der Waals surface area contributed by atoms with Crippen molar-refractivity contribution in [3.05, 3.63) is 66.5 Å². The Labute approximate surface area is 198 Å². The predicted molar refractivity (Wildman–Crippen MR) is 128 cm³/mol. The number of para-hydroxylation sites is 1. The highest BCUT2D eigenvalue weighted by Crippen LogP contribution is 2.29. The summed E-state index contributed by atoms with van der Waals surface area (Å²) in [5, 5.41) is 11.2. The summed E-state index contributed by atoms with van der Waals surface area (Å²) in [6.45, 7) is 2.16. The van der Waals surface area contributed by atoms with E-state index in [0.29, 0.717) is 37.6 Å². The van der Waals surface area contributed by atoms with Crippen LogP contribution in [-0.4, -0.2) is 78.9 Å². The third-order valence-electron chi connectivity index (χ3n) is 5.43. The summed E-state index contributed by atoms with van der Waals surface area (Å²) in [5.74, 6) is -0.101. The Hall–Kier alpha value is -3.54. The molecule has 1 aliphatic heterocycles. The Morgan fingerprint density at radius 1 is 1.09 bits per heavy atom. The summed E-state index contributed by atoms with van der Waals surface area (Å²) in [6, 6.07) is 13.8. The Balaban J connectivity index is 1.48. The first kappa shape index (κ1) is 23.6. The molecule has 0 spiro atoms. The fraction of sp³-hybridized carbons (Fsp3) is 0.261. The molecule has 1 saturated heterocycles. The maximum absolute atomic E-state index is 13.1. The highest BCUT2D eigenvalue weighted by molar-refractivity contribution is 7.89. The standard InChI is InChI=1S/C23H26N6O4S/c1-27-12-14-28(15-13-27)34(31,32)20-9-10-22(33-2)21(16-20)25-23(30)11-8-18-17-24-29(26-18)19-6-4-3-5-7-19/h3-11,16-17H,12-15H2,1-2H3,(H,25,30)/b11-8+. The molecule has 1 aliphatic rings. The number of nitrogens with one attached hydrogen (secondary N) is 1. The molecule has 34 heavy (non-hydrogen) atoms. The molecule has 1 N–H and O–H groups in total. The van der Waals surface area contributed by atoms with E-state index in [2.05, 4.69) is 20.4 Å². The molecular weight excluding hydrogens is 456 g/mol. The van der Waals surface area contributed by atoms with Crippen molar-refractivity contribution < 1.29 is 17.9 Å². The minimum absolute atomic E-state index is 0.0999. The summed E-state index contributed by atoms with van der Waals surface area (Å²) in [5.41, 5.74) is 1.56. The summed E-state index contributed by atoms with van der Waals surface area (Å²) < 4.78 is 32.9. The van der Waals surface area contributed by atoms with Crippen molar-refractivity contribution in [3.63, 3.8) is 0 Å². The van der Waals surface area contributed by atoms with Crippen molar-refractivity contribution in [1.82, 2.24) is 24.2 Å². The fourth-order valence-electron chi connectivity index (χ4n) is 3.50. The molecule has 1 amide bonds. The maximum atomic E-state index is 13.1. The number of hydrogen-bond acceptors (Lipinski definition) is 7. The highest BCUT2D eigenvalue weighted by Gasteiger charge is 2.28. The van der Waals surface area contributed by atoms with E-state index in [0.717, 1.165) is 5.69 Å². The van der Waals surface area contributed by atoms with Crippen molar-refractivity contribution in [2.75, 3.05) is 45.7 Å². The summed E-state index contributed by atoms with van der Waals surface area (Å²) >= 11 is 0. The molecule has 1 fully saturated rings. The molecule has 3 aromatic rings. The van der Waals surface area contributed by atoms with Crippen LogP contribution in [0.2, 0.25) is 0 Å². The quantitative estimate of drug-likeness (QED) is 0.512. The van der Waals surface area contributed by atoms with Crippen LogP contribution in [0.3, 0.4) is 0 Å². The van der Waals surface area contributed by atoms with Crippen molar-refractivity contribution >= 4 is 27.7 Å². The number of amides is 1. The van der Waals surface area contributed by atoms with Crippen LogP contribution in [0.4, 0.5) is 5.69 Å². The van der Waals surface area contributed by atoms with E-state index in [9.17, 15) is 13.2 Å². The van der Waals surface area contributed by atoms with Gasteiger partial charge < -0.3 is 15.0 Å². The van der Waals surface area contributed by atoms with Gasteiger partial charge in [-0.3, -0.25) is 4.79 Å². The Kier molecular flexibility index (Phi) is 7.06. The molecule has 10 nitrogen and oxygen atoms in total. The SMILES string of the molecule is COc1ccc(S(=O)(=O)N2CCN(C)CC2)cc1NC(=O)/C=C/c1cnn(-c2ccccc2)n1. The number of sulfonamides is 1. The molecule has 0 saturated carbocycles. The average Bonchev–Trinajstić information content (AvgIpc) is 3.33. The van der Waals surface area contributed by atoms with Crippen LogP contribution in [0, 0.1) is 0 Å². The molecule has 1 aromatic heterocycles. The number of carbonyl (C=O) groups excluding carboxylic acids is 1. The van der Waals surface area contributed by atoms with Gasteiger partial charge in [0.05, 0.1) is 29.6 Å². The van der Waals surface area contributed by atoms with Crippen molar-refractivity contribution in [2.24, 2.45) is 0 Å². The van der Waals surface area contributed by atoms with Gasteiger partial charge in [-0.15, -0.1) is 5.10 Å². The van der Waals surface area contributed by atoms with Crippen molar-refractivity contribution in [1.29, 1.82) is 0 Å². The first-order valence-corrected chi connectivity index (χ1v) is 12.1. The third kappa shape index (κ3) is 5.33. The van der Waals surface area contributed by atoms with Crippen molar-refractivity contribution in [2.45, 2.75) is 4.90 Å². The normalized spacial score (nSPS) is 15.5. The molecule has 0 radical (unpaired) electrons. The number of hydrogen-bond donors (Lipinski definition) is 1. The van der Waals surface area contributed by atoms with E-state index in [1.165, 1.54) is 46.6 Å². The van der Waals surface area contributed by atoms with Gasteiger partial charge in [0.25, 0.3) is 0 Å². The number of aromatic nitrogens is 3. The number of rotatable bonds is 7. The number of benzene rings is 2. The molecule has 0 unspecified atom stereocenters. The molecule has 4 rings (SSSR count). The average molecular weight is 483 g/mol. The van der Waals surface area contributed by atoms with Gasteiger partial charge in [-0.25, -0.2) is 8.42 Å². The fourth-order valence-corrected chi connectivity index (χ4v) is 4.94. The minimum Gasteiger partial charge on any atom is -0.495 e. The van der Waals surface area contributed by atoms with Gasteiger partial charge in [0, 0.05) is 32.3 Å². The molecule has 2 heterocycles. The minimum atomic E-state index is -3.69. The Bertz CT molecular complexity index is 1280. The molecule has 0 atom stereocenters. The highest BCUT2D eigenvalue weighted by atomic mass is 32.2. The summed E-state index contributed by atoms with van der Waals surface area (Å²) in [4.78, 5) is 16.2. The maximum Gasteiger partial charge on any atom is 0.248 e. The number of likely N-dealkylation sites (N-methyl/N-ethyl adjacent to an activating group) is 1. The summed E-state index contributed by atoms with van der Waals surface area (Å²) in [7, 11) is -0.272. The molecule has 178 valence electrons. The van der Waals surface area contributed by atoms with Gasteiger partial charge in [-0.2, -0.15) is 14.2 Å². The molecule has 0 aliphatic carbocycles. The van der Waals surface area contributed by atoms with Crippen LogP contribution in [0.5, 0.6) is 5.75 Å². The van der Waals surface area contributed by atoms with Gasteiger partial charge in [0.2, 0.25) is 15.9 Å². The van der Waals surface area contributed by atoms with E-state index < -0.39 is 15.9 Å². The van der Waals surface area contributed by atoms with E-state index in [1.54, 1.807) is 6.20 Å². The number of anilines is 1. The van der Waals surface area contributed by atoms with Crippen LogP contribution in [0.25, 0.3) is 11.8 Å². The van der Waals surface area contributed by atoms with Gasteiger partial charge in [-0.1, -0.05) is 18.2 Å². The lowest BCUT2D eigenvalue weighted by atomic mass is 10.3. The van der Waals surface area contributed by atoms with Crippen LogP contribution < -0.4 is 10.1 Å². The molecule has 0 bridgehead atoms. The first-order chi connectivity index (χ1) is 16.4. The number of ether oxygens (including phenoxy) is 1. The number of carbonyl (C=O) groups is 1. The van der Waals surface area contributed by atoms with Gasteiger partial charge >= 0.3 is 0 Å². The largest absolute Gasteiger partial charge is 0.495 e. The van der Waals surface area contributed by atoms with Crippen LogP contribution >= 0.6 is 0 Å². The lowest BCUT2D eigenvalue weighted by molar-refractivity contribution is -0.111. The second kappa shape index (κ2) is 10.2.